The summed E-state index contributed by atoms with van der Waals surface area (Å²) in [6.45, 7) is 3.76. The van der Waals surface area contributed by atoms with Gasteiger partial charge >= 0.3 is 0 Å². The first-order valence-electron chi connectivity index (χ1n) is 5.36. The van der Waals surface area contributed by atoms with Gasteiger partial charge in [0, 0.05) is 12.5 Å². The van der Waals surface area contributed by atoms with Crippen molar-refractivity contribution in [3.05, 3.63) is 29.6 Å². The zero-order valence-corrected chi connectivity index (χ0v) is 9.61. The number of nitrogens with two attached hydrogens (primary N) is 1. The van der Waals surface area contributed by atoms with Crippen LogP contribution in [0.4, 0.5) is 4.39 Å². The molecule has 1 aromatic rings. The number of ether oxygens (including phenoxy) is 1. The standard InChI is InChI=1S/C12H18FNO2/c1-8(15)5-6-16-12-4-3-10(9(2)14)7-11(12)13/h3-4,7-9,15H,5-6,14H2,1-2H3/t8?,9-/m1/s1. The fraction of sp³-hybridized carbons (Fsp3) is 0.500. The van der Waals surface area contributed by atoms with Crippen molar-refractivity contribution in [2.24, 2.45) is 5.73 Å². The minimum absolute atomic E-state index is 0.194. The van der Waals surface area contributed by atoms with Crippen molar-refractivity contribution in [2.75, 3.05) is 6.61 Å². The zero-order valence-electron chi connectivity index (χ0n) is 9.61. The van der Waals surface area contributed by atoms with Gasteiger partial charge in [-0.1, -0.05) is 6.07 Å². The molecule has 0 saturated carbocycles. The van der Waals surface area contributed by atoms with Crippen LogP contribution in [0.5, 0.6) is 5.75 Å². The summed E-state index contributed by atoms with van der Waals surface area (Å²) in [7, 11) is 0. The van der Waals surface area contributed by atoms with Gasteiger partial charge in [-0.25, -0.2) is 4.39 Å². The number of halogens is 1. The molecule has 3 nitrogen and oxygen atoms in total. The lowest BCUT2D eigenvalue weighted by Gasteiger charge is -2.11. The molecule has 0 aliphatic carbocycles. The number of hydrogen-bond donors (Lipinski definition) is 2. The minimum Gasteiger partial charge on any atom is -0.490 e. The Kier molecular flexibility index (Phi) is 4.71. The highest BCUT2D eigenvalue weighted by atomic mass is 19.1. The summed E-state index contributed by atoms with van der Waals surface area (Å²) in [6.07, 6.45) is 0.0421. The van der Waals surface area contributed by atoms with Crippen LogP contribution in [0.2, 0.25) is 0 Å². The molecule has 1 unspecified atom stereocenters. The second-order valence-electron chi connectivity index (χ2n) is 3.96. The second-order valence-corrected chi connectivity index (χ2v) is 3.96. The molecule has 0 amide bonds. The van der Waals surface area contributed by atoms with Gasteiger partial charge in [-0.2, -0.15) is 0 Å². The number of rotatable bonds is 5. The van der Waals surface area contributed by atoms with E-state index in [2.05, 4.69) is 0 Å². The fourth-order valence-electron chi connectivity index (χ4n) is 1.26. The average molecular weight is 227 g/mol. The third-order valence-corrected chi connectivity index (χ3v) is 2.27. The minimum atomic E-state index is -0.439. The highest BCUT2D eigenvalue weighted by Gasteiger charge is 2.07. The zero-order chi connectivity index (χ0) is 12.1. The Balaban J connectivity index is 2.61. The Morgan fingerprint density at radius 1 is 1.44 bits per heavy atom. The second kappa shape index (κ2) is 5.82. The van der Waals surface area contributed by atoms with Crippen LogP contribution in [0.25, 0.3) is 0 Å². The third-order valence-electron chi connectivity index (χ3n) is 2.27. The molecular weight excluding hydrogens is 209 g/mol. The molecule has 4 heteroatoms. The number of hydrogen-bond acceptors (Lipinski definition) is 3. The molecule has 0 aromatic heterocycles. The van der Waals surface area contributed by atoms with Gasteiger partial charge in [0.1, 0.15) is 0 Å². The van der Waals surface area contributed by atoms with Crippen LogP contribution in [-0.4, -0.2) is 17.8 Å². The Hall–Kier alpha value is -1.13. The molecule has 0 bridgehead atoms. The number of aliphatic hydroxyl groups excluding tert-OH is 1. The third kappa shape index (κ3) is 3.79. The van der Waals surface area contributed by atoms with Crippen LogP contribution in [-0.2, 0) is 0 Å². The van der Waals surface area contributed by atoms with Gasteiger partial charge in [0.05, 0.1) is 12.7 Å². The van der Waals surface area contributed by atoms with Crippen LogP contribution in [0.15, 0.2) is 18.2 Å². The van der Waals surface area contributed by atoms with E-state index < -0.39 is 11.9 Å². The maximum absolute atomic E-state index is 13.5. The van der Waals surface area contributed by atoms with Crippen molar-refractivity contribution in [1.29, 1.82) is 0 Å². The van der Waals surface area contributed by atoms with Gasteiger partial charge in [-0.05, 0) is 31.5 Å². The first-order valence-corrected chi connectivity index (χ1v) is 5.36. The van der Waals surface area contributed by atoms with Gasteiger partial charge < -0.3 is 15.6 Å². The molecule has 0 aliphatic rings. The Labute approximate surface area is 95.0 Å². The molecule has 0 heterocycles. The van der Waals surface area contributed by atoms with Crippen LogP contribution in [0.3, 0.4) is 0 Å². The van der Waals surface area contributed by atoms with E-state index in [1.54, 1.807) is 26.0 Å². The molecule has 16 heavy (non-hydrogen) atoms. The molecule has 0 saturated heterocycles. The van der Waals surface area contributed by atoms with E-state index in [-0.39, 0.29) is 11.8 Å². The largest absolute Gasteiger partial charge is 0.490 e. The lowest BCUT2D eigenvalue weighted by Crippen LogP contribution is -2.09. The monoisotopic (exact) mass is 227 g/mol. The molecule has 0 aliphatic heterocycles. The quantitative estimate of drug-likeness (QED) is 0.808. The first kappa shape index (κ1) is 12.9. The van der Waals surface area contributed by atoms with E-state index in [0.717, 1.165) is 5.56 Å². The predicted molar refractivity (Wildman–Crippen MR) is 60.8 cm³/mol. The van der Waals surface area contributed by atoms with Gasteiger partial charge in [0.25, 0.3) is 0 Å². The van der Waals surface area contributed by atoms with E-state index in [1.807, 2.05) is 0 Å². The van der Waals surface area contributed by atoms with Crippen LogP contribution < -0.4 is 10.5 Å². The van der Waals surface area contributed by atoms with Crippen molar-refractivity contribution >= 4 is 0 Å². The summed E-state index contributed by atoms with van der Waals surface area (Å²) in [6, 6.07) is 4.49. The van der Waals surface area contributed by atoms with Gasteiger partial charge in [-0.3, -0.25) is 0 Å². The summed E-state index contributed by atoms with van der Waals surface area (Å²) in [5, 5.41) is 9.03. The predicted octanol–water partition coefficient (Wildman–Crippen LogP) is 2.00. The maximum Gasteiger partial charge on any atom is 0.165 e. The highest BCUT2D eigenvalue weighted by Crippen LogP contribution is 2.21. The SMILES string of the molecule is CC(O)CCOc1ccc([C@@H](C)N)cc1F. The molecule has 1 rings (SSSR count). The Morgan fingerprint density at radius 2 is 2.12 bits per heavy atom. The van der Waals surface area contributed by atoms with Crippen molar-refractivity contribution in [2.45, 2.75) is 32.4 Å². The van der Waals surface area contributed by atoms with Crippen molar-refractivity contribution in [1.82, 2.24) is 0 Å². The normalized spacial score (nSPS) is 14.6. The number of aliphatic hydroxyl groups is 1. The lowest BCUT2D eigenvalue weighted by atomic mass is 10.1. The van der Waals surface area contributed by atoms with E-state index in [4.69, 9.17) is 15.6 Å². The Bertz CT molecular complexity index is 340. The highest BCUT2D eigenvalue weighted by molar-refractivity contribution is 5.30. The molecule has 0 radical (unpaired) electrons. The lowest BCUT2D eigenvalue weighted by molar-refractivity contribution is 0.154. The summed E-state index contributed by atoms with van der Waals surface area (Å²) < 4.78 is 18.7. The van der Waals surface area contributed by atoms with Crippen molar-refractivity contribution < 1.29 is 14.2 Å². The van der Waals surface area contributed by atoms with Crippen molar-refractivity contribution in [3.63, 3.8) is 0 Å². The summed E-state index contributed by atoms with van der Waals surface area (Å²) in [5.74, 6) is -0.217. The van der Waals surface area contributed by atoms with Gasteiger partial charge in [-0.15, -0.1) is 0 Å². The first-order chi connectivity index (χ1) is 7.50. The fourth-order valence-corrected chi connectivity index (χ4v) is 1.26. The number of benzene rings is 1. The molecule has 3 N–H and O–H groups in total. The Morgan fingerprint density at radius 3 is 2.62 bits per heavy atom. The molecular formula is C12H18FNO2. The van der Waals surface area contributed by atoms with Crippen molar-refractivity contribution in [3.8, 4) is 5.75 Å². The van der Waals surface area contributed by atoms with E-state index in [9.17, 15) is 4.39 Å². The van der Waals surface area contributed by atoms with Crippen LogP contribution in [0, 0.1) is 5.82 Å². The smallest absolute Gasteiger partial charge is 0.165 e. The van der Waals surface area contributed by atoms with Crippen LogP contribution >= 0.6 is 0 Å². The van der Waals surface area contributed by atoms with Crippen LogP contribution in [0.1, 0.15) is 31.9 Å². The molecule has 0 spiro atoms. The average Bonchev–Trinajstić information content (AvgIpc) is 2.19. The van der Waals surface area contributed by atoms with E-state index in [1.165, 1.54) is 6.07 Å². The van der Waals surface area contributed by atoms with E-state index in [0.29, 0.717) is 13.0 Å². The van der Waals surface area contributed by atoms with Gasteiger partial charge in [0.2, 0.25) is 0 Å². The van der Waals surface area contributed by atoms with Gasteiger partial charge in [0.15, 0.2) is 11.6 Å². The topological polar surface area (TPSA) is 55.5 Å². The molecule has 0 fully saturated rings. The summed E-state index contributed by atoms with van der Waals surface area (Å²) in [4.78, 5) is 0. The summed E-state index contributed by atoms with van der Waals surface area (Å²) in [5.41, 5.74) is 6.37. The molecule has 90 valence electrons. The molecule has 1 aromatic carbocycles. The maximum atomic E-state index is 13.5. The molecule has 2 atom stereocenters. The summed E-state index contributed by atoms with van der Waals surface area (Å²) >= 11 is 0. The van der Waals surface area contributed by atoms with E-state index >= 15 is 0 Å².